The largest absolute Gasteiger partial charge is 0.228 e. The average Bonchev–Trinajstić information content (AvgIpc) is 2.30. The van der Waals surface area contributed by atoms with Crippen LogP contribution in [0, 0.1) is 0 Å². The Labute approximate surface area is 83.7 Å². The third-order valence-corrected chi connectivity index (χ3v) is 5.44. The predicted molar refractivity (Wildman–Crippen MR) is 53.2 cm³/mol. The summed E-state index contributed by atoms with van der Waals surface area (Å²) in [5.41, 5.74) is 2.17. The molecule has 0 unspecified atom stereocenters. The van der Waals surface area contributed by atoms with Crippen LogP contribution in [0.2, 0.25) is 0 Å². The van der Waals surface area contributed by atoms with E-state index in [4.69, 9.17) is 0 Å². The lowest BCUT2D eigenvalue weighted by atomic mass is 10.2. The van der Waals surface area contributed by atoms with Crippen molar-refractivity contribution in [1.29, 1.82) is 0 Å². The third kappa shape index (κ3) is 1.45. The van der Waals surface area contributed by atoms with Crippen molar-refractivity contribution >= 4 is 37.1 Å². The van der Waals surface area contributed by atoms with Gasteiger partial charge in [0.15, 0.2) is 9.84 Å². The number of halogens is 1. The molecule has 0 saturated carbocycles. The van der Waals surface area contributed by atoms with Crippen LogP contribution in [0.25, 0.3) is 0 Å². The summed E-state index contributed by atoms with van der Waals surface area (Å²) in [6.07, 6.45) is 0.668. The SMILES string of the molecule is O=S1(=O)CCc2c(csc2Br)C1. The van der Waals surface area contributed by atoms with E-state index in [1.807, 2.05) is 5.38 Å². The summed E-state index contributed by atoms with van der Waals surface area (Å²) in [5, 5.41) is 1.93. The highest BCUT2D eigenvalue weighted by atomic mass is 79.9. The van der Waals surface area contributed by atoms with E-state index in [1.165, 1.54) is 5.56 Å². The van der Waals surface area contributed by atoms with Crippen LogP contribution in [-0.2, 0) is 22.0 Å². The first-order valence-corrected chi connectivity index (χ1v) is 7.03. The van der Waals surface area contributed by atoms with Crippen LogP contribution in [0.1, 0.15) is 11.1 Å². The molecule has 1 aromatic heterocycles. The predicted octanol–water partition coefficient (Wildman–Crippen LogP) is 1.98. The van der Waals surface area contributed by atoms with E-state index < -0.39 is 9.84 Å². The number of thiophene rings is 1. The quantitative estimate of drug-likeness (QED) is 0.720. The Morgan fingerprint density at radius 2 is 2.25 bits per heavy atom. The summed E-state index contributed by atoms with van der Waals surface area (Å²) >= 11 is 4.99. The van der Waals surface area contributed by atoms with Gasteiger partial charge < -0.3 is 0 Å². The summed E-state index contributed by atoms with van der Waals surface area (Å²) in [5.74, 6) is 0.528. The van der Waals surface area contributed by atoms with Crippen LogP contribution in [-0.4, -0.2) is 14.2 Å². The van der Waals surface area contributed by atoms with Crippen molar-refractivity contribution in [2.75, 3.05) is 5.75 Å². The Morgan fingerprint density at radius 3 is 3.00 bits per heavy atom. The maximum absolute atomic E-state index is 11.2. The first kappa shape index (κ1) is 8.72. The molecule has 2 rings (SSSR count). The van der Waals surface area contributed by atoms with Gasteiger partial charge in [0.25, 0.3) is 0 Å². The molecular weight excluding hydrogens is 260 g/mol. The molecule has 0 spiro atoms. The molecule has 0 amide bonds. The van der Waals surface area contributed by atoms with Gasteiger partial charge in [0.05, 0.1) is 15.3 Å². The van der Waals surface area contributed by atoms with Gasteiger partial charge in [-0.05, 0) is 38.9 Å². The van der Waals surface area contributed by atoms with Gasteiger partial charge in [0, 0.05) is 0 Å². The fourth-order valence-electron chi connectivity index (χ4n) is 1.34. The Morgan fingerprint density at radius 1 is 1.50 bits per heavy atom. The zero-order chi connectivity index (χ0) is 8.77. The average molecular weight is 267 g/mol. The summed E-state index contributed by atoms with van der Waals surface area (Å²) in [7, 11) is -2.80. The van der Waals surface area contributed by atoms with Crippen LogP contribution >= 0.6 is 27.3 Å². The molecule has 66 valence electrons. The Kier molecular flexibility index (Phi) is 2.05. The van der Waals surface area contributed by atoms with Gasteiger partial charge in [-0.15, -0.1) is 11.3 Å². The fraction of sp³-hybridized carbons (Fsp3) is 0.429. The Hall–Kier alpha value is 0.130. The highest BCUT2D eigenvalue weighted by molar-refractivity contribution is 9.11. The monoisotopic (exact) mass is 266 g/mol. The number of hydrogen-bond donors (Lipinski definition) is 0. The second kappa shape index (κ2) is 2.82. The van der Waals surface area contributed by atoms with Gasteiger partial charge in [-0.1, -0.05) is 0 Å². The van der Waals surface area contributed by atoms with Crippen LogP contribution in [0.3, 0.4) is 0 Å². The summed E-state index contributed by atoms with van der Waals surface area (Å²) in [6, 6.07) is 0. The molecule has 0 saturated heterocycles. The lowest BCUT2D eigenvalue weighted by Gasteiger charge is -2.11. The standard InChI is InChI=1S/C7H7BrO2S2/c8-7-6-1-2-12(9,10)4-5(6)3-11-7/h3H,1-2,4H2. The van der Waals surface area contributed by atoms with Crippen molar-refractivity contribution in [2.45, 2.75) is 12.2 Å². The van der Waals surface area contributed by atoms with E-state index in [1.54, 1.807) is 11.3 Å². The number of sulfone groups is 1. The highest BCUT2D eigenvalue weighted by Gasteiger charge is 2.23. The zero-order valence-electron chi connectivity index (χ0n) is 6.21. The van der Waals surface area contributed by atoms with Crippen molar-refractivity contribution in [3.63, 3.8) is 0 Å². The lowest BCUT2D eigenvalue weighted by Crippen LogP contribution is -2.17. The fourth-order valence-corrected chi connectivity index (χ4v) is 4.41. The van der Waals surface area contributed by atoms with Crippen molar-refractivity contribution in [1.82, 2.24) is 0 Å². The number of rotatable bonds is 0. The minimum atomic E-state index is -2.80. The molecule has 0 aliphatic carbocycles. The molecule has 1 aliphatic rings. The van der Waals surface area contributed by atoms with Gasteiger partial charge in [0.1, 0.15) is 0 Å². The van der Waals surface area contributed by atoms with Crippen molar-refractivity contribution in [3.05, 3.63) is 20.3 Å². The van der Waals surface area contributed by atoms with Crippen LogP contribution in [0.5, 0.6) is 0 Å². The zero-order valence-corrected chi connectivity index (χ0v) is 9.43. The topological polar surface area (TPSA) is 34.1 Å². The van der Waals surface area contributed by atoms with E-state index in [9.17, 15) is 8.42 Å². The summed E-state index contributed by atoms with van der Waals surface area (Å²) in [4.78, 5) is 0. The smallest absolute Gasteiger partial charge is 0.154 e. The summed E-state index contributed by atoms with van der Waals surface area (Å²) < 4.78 is 23.5. The van der Waals surface area contributed by atoms with Crippen molar-refractivity contribution < 1.29 is 8.42 Å². The highest BCUT2D eigenvalue weighted by Crippen LogP contribution is 2.32. The molecule has 2 heterocycles. The second-order valence-corrected chi connectivity index (χ2v) is 7.24. The van der Waals surface area contributed by atoms with Gasteiger partial charge >= 0.3 is 0 Å². The lowest BCUT2D eigenvalue weighted by molar-refractivity contribution is 0.592. The summed E-state index contributed by atoms with van der Waals surface area (Å²) in [6.45, 7) is 0. The molecule has 2 nitrogen and oxygen atoms in total. The molecule has 12 heavy (non-hydrogen) atoms. The molecule has 0 N–H and O–H groups in total. The molecule has 1 aromatic rings. The Balaban J connectivity index is 2.50. The molecule has 0 atom stereocenters. The maximum atomic E-state index is 11.2. The van der Waals surface area contributed by atoms with E-state index in [2.05, 4.69) is 15.9 Å². The molecule has 0 radical (unpaired) electrons. The van der Waals surface area contributed by atoms with E-state index in [0.29, 0.717) is 12.2 Å². The van der Waals surface area contributed by atoms with Crippen LogP contribution in [0.15, 0.2) is 9.17 Å². The van der Waals surface area contributed by atoms with Crippen molar-refractivity contribution in [2.24, 2.45) is 0 Å². The van der Waals surface area contributed by atoms with Crippen LogP contribution < -0.4 is 0 Å². The molecule has 5 heteroatoms. The number of hydrogen-bond acceptors (Lipinski definition) is 3. The normalized spacial score (nSPS) is 20.4. The first-order valence-electron chi connectivity index (χ1n) is 3.54. The minimum Gasteiger partial charge on any atom is -0.228 e. The Bertz CT molecular complexity index is 405. The molecule has 0 fully saturated rings. The molecule has 0 aromatic carbocycles. The van der Waals surface area contributed by atoms with E-state index in [-0.39, 0.29) is 5.75 Å². The maximum Gasteiger partial charge on any atom is 0.154 e. The second-order valence-electron chi connectivity index (χ2n) is 2.86. The first-order chi connectivity index (χ1) is 5.58. The van der Waals surface area contributed by atoms with Gasteiger partial charge in [-0.3, -0.25) is 0 Å². The minimum absolute atomic E-state index is 0.227. The van der Waals surface area contributed by atoms with E-state index >= 15 is 0 Å². The van der Waals surface area contributed by atoms with Gasteiger partial charge in [-0.25, -0.2) is 8.42 Å². The molecule has 1 aliphatic heterocycles. The van der Waals surface area contributed by atoms with Gasteiger partial charge in [-0.2, -0.15) is 0 Å². The van der Waals surface area contributed by atoms with Crippen LogP contribution in [0.4, 0.5) is 0 Å². The van der Waals surface area contributed by atoms with Crippen molar-refractivity contribution in [3.8, 4) is 0 Å². The molecule has 0 bridgehead atoms. The van der Waals surface area contributed by atoms with Gasteiger partial charge in [0.2, 0.25) is 0 Å². The molecular formula is C7H7BrO2S2. The number of fused-ring (bicyclic) bond motifs is 1. The third-order valence-electron chi connectivity index (χ3n) is 1.97. The van der Waals surface area contributed by atoms with E-state index in [0.717, 1.165) is 9.35 Å².